The summed E-state index contributed by atoms with van der Waals surface area (Å²) in [5.74, 6) is -0.593. The van der Waals surface area contributed by atoms with Gasteiger partial charge in [0.15, 0.2) is 0 Å². The number of halogens is 3. The molecule has 0 saturated carbocycles. The molecule has 1 N–H and O–H groups in total. The first-order chi connectivity index (χ1) is 8.45. The summed E-state index contributed by atoms with van der Waals surface area (Å²) in [5.41, 5.74) is 0.284. The summed E-state index contributed by atoms with van der Waals surface area (Å²) >= 11 is 17.5. The van der Waals surface area contributed by atoms with Crippen molar-refractivity contribution < 1.29 is 14.6 Å². The number of carboxylic acid groups (broad SMARTS) is 1. The smallest absolute Gasteiger partial charge is 0.331 e. The van der Waals surface area contributed by atoms with E-state index in [1.165, 1.54) is 18.2 Å². The molecule has 0 radical (unpaired) electrons. The fourth-order valence-corrected chi connectivity index (χ4v) is 1.82. The molecule has 1 rings (SSSR count). The maximum Gasteiger partial charge on any atom is 0.331 e. The minimum atomic E-state index is -0.957. The molecule has 0 unspecified atom stereocenters. The van der Waals surface area contributed by atoms with E-state index in [1.54, 1.807) is 6.92 Å². The Morgan fingerprint density at radius 1 is 1.28 bits per heavy atom. The lowest BCUT2D eigenvalue weighted by atomic mass is 10.2. The molecule has 0 bridgehead atoms. The molecule has 0 fully saturated rings. The highest BCUT2D eigenvalue weighted by molar-refractivity contribution is 6.43. The molecule has 0 aromatic heterocycles. The molecule has 98 valence electrons. The molecule has 0 aliphatic rings. The fourth-order valence-electron chi connectivity index (χ4n) is 1.23. The van der Waals surface area contributed by atoms with Crippen LogP contribution in [0.5, 0.6) is 5.75 Å². The maximum atomic E-state index is 10.8. The minimum Gasteiger partial charge on any atom is -0.488 e. The monoisotopic (exact) mass is 308 g/mol. The van der Waals surface area contributed by atoms with Crippen molar-refractivity contribution in [3.05, 3.63) is 38.8 Å². The number of hydrogen-bond donors (Lipinski definition) is 1. The number of ether oxygens (including phenoxy) is 1. The molecule has 18 heavy (non-hydrogen) atoms. The van der Waals surface area contributed by atoms with Crippen LogP contribution in [0.25, 0.3) is 0 Å². The van der Waals surface area contributed by atoms with Crippen molar-refractivity contribution in [3.8, 4) is 5.75 Å². The lowest BCUT2D eigenvalue weighted by Crippen LogP contribution is -2.03. The zero-order valence-electron chi connectivity index (χ0n) is 9.54. The first-order valence-electron chi connectivity index (χ1n) is 5.15. The average molecular weight is 310 g/mol. The van der Waals surface area contributed by atoms with Crippen molar-refractivity contribution in [2.45, 2.75) is 13.3 Å². The lowest BCUT2D eigenvalue weighted by Gasteiger charge is -2.07. The van der Waals surface area contributed by atoms with Crippen LogP contribution in [0.4, 0.5) is 0 Å². The number of carboxylic acids is 1. The zero-order chi connectivity index (χ0) is 13.7. The van der Waals surface area contributed by atoms with Gasteiger partial charge in [0.2, 0.25) is 0 Å². The van der Waals surface area contributed by atoms with Gasteiger partial charge in [0.05, 0.1) is 15.1 Å². The van der Waals surface area contributed by atoms with Crippen LogP contribution in [0.3, 0.4) is 0 Å². The Labute approximate surface area is 120 Å². The number of hydrogen-bond acceptors (Lipinski definition) is 2. The largest absolute Gasteiger partial charge is 0.488 e. The van der Waals surface area contributed by atoms with Crippen LogP contribution < -0.4 is 4.74 Å². The first-order valence-corrected chi connectivity index (χ1v) is 6.28. The molecule has 1 aromatic rings. The van der Waals surface area contributed by atoms with E-state index < -0.39 is 5.97 Å². The van der Waals surface area contributed by atoms with Gasteiger partial charge in [0, 0.05) is 11.6 Å². The van der Waals surface area contributed by atoms with Crippen molar-refractivity contribution in [1.29, 1.82) is 0 Å². The summed E-state index contributed by atoms with van der Waals surface area (Å²) in [5, 5.41) is 9.81. The number of aliphatic carboxylic acids is 1. The molecule has 0 saturated heterocycles. The van der Waals surface area contributed by atoms with E-state index in [1.807, 2.05) is 0 Å². The summed E-state index contributed by atoms with van der Waals surface area (Å²) < 4.78 is 5.34. The highest BCUT2D eigenvalue weighted by Crippen LogP contribution is 2.33. The molecule has 0 heterocycles. The van der Waals surface area contributed by atoms with Crippen LogP contribution in [-0.4, -0.2) is 17.7 Å². The Balaban J connectivity index is 2.75. The molecule has 0 aliphatic carbocycles. The molecule has 1 aromatic carbocycles. The van der Waals surface area contributed by atoms with Gasteiger partial charge in [-0.05, 0) is 18.6 Å². The standard InChI is InChI=1S/C12H11Cl3O3/c1-2-7(12(16)17)3-4-18-11-6-9(14)8(13)5-10(11)15/h3,5-6H,2,4H2,1H3,(H,16,17). The average Bonchev–Trinajstić information content (AvgIpc) is 2.30. The summed E-state index contributed by atoms with van der Waals surface area (Å²) in [6, 6.07) is 2.97. The van der Waals surface area contributed by atoms with E-state index in [-0.39, 0.29) is 12.2 Å². The Bertz CT molecular complexity index is 484. The van der Waals surface area contributed by atoms with Gasteiger partial charge in [-0.25, -0.2) is 4.79 Å². The molecular formula is C12H11Cl3O3. The number of rotatable bonds is 5. The Morgan fingerprint density at radius 2 is 1.89 bits per heavy atom. The van der Waals surface area contributed by atoms with E-state index in [2.05, 4.69) is 0 Å². The van der Waals surface area contributed by atoms with Crippen LogP contribution >= 0.6 is 34.8 Å². The van der Waals surface area contributed by atoms with Crippen LogP contribution in [0, 0.1) is 0 Å². The molecule has 0 spiro atoms. The quantitative estimate of drug-likeness (QED) is 0.646. The van der Waals surface area contributed by atoms with Gasteiger partial charge < -0.3 is 9.84 Å². The third-order valence-corrected chi connectivity index (χ3v) is 3.22. The third-order valence-electron chi connectivity index (χ3n) is 2.20. The highest BCUT2D eigenvalue weighted by Gasteiger charge is 2.07. The topological polar surface area (TPSA) is 46.5 Å². The second-order valence-electron chi connectivity index (χ2n) is 3.40. The fraction of sp³-hybridized carbons (Fsp3) is 0.250. The maximum absolute atomic E-state index is 10.8. The summed E-state index contributed by atoms with van der Waals surface area (Å²) in [6.07, 6.45) is 1.91. The van der Waals surface area contributed by atoms with Crippen LogP contribution in [0.2, 0.25) is 15.1 Å². The predicted octanol–water partition coefficient (Wildman–Crippen LogP) is 4.45. The van der Waals surface area contributed by atoms with Gasteiger partial charge in [-0.3, -0.25) is 0 Å². The number of carbonyl (C=O) groups is 1. The van der Waals surface area contributed by atoms with Crippen LogP contribution in [-0.2, 0) is 4.79 Å². The summed E-state index contributed by atoms with van der Waals surface area (Å²) in [7, 11) is 0. The first kappa shape index (κ1) is 15.2. The van der Waals surface area contributed by atoms with E-state index in [4.69, 9.17) is 44.6 Å². The second-order valence-corrected chi connectivity index (χ2v) is 4.62. The van der Waals surface area contributed by atoms with Gasteiger partial charge in [-0.1, -0.05) is 41.7 Å². The second kappa shape index (κ2) is 6.88. The van der Waals surface area contributed by atoms with Crippen molar-refractivity contribution in [2.24, 2.45) is 0 Å². The SMILES string of the molecule is CCC(=CCOc1cc(Cl)c(Cl)cc1Cl)C(=O)O. The minimum absolute atomic E-state index is 0.104. The molecule has 0 atom stereocenters. The normalized spacial score (nSPS) is 11.4. The van der Waals surface area contributed by atoms with Gasteiger partial charge >= 0.3 is 5.97 Å². The van der Waals surface area contributed by atoms with Gasteiger partial charge in [-0.2, -0.15) is 0 Å². The highest BCUT2D eigenvalue weighted by atomic mass is 35.5. The van der Waals surface area contributed by atoms with Crippen LogP contribution in [0.15, 0.2) is 23.8 Å². The summed E-state index contributed by atoms with van der Waals surface area (Å²) in [6.45, 7) is 1.86. The molecular weight excluding hydrogens is 298 g/mol. The molecule has 3 nitrogen and oxygen atoms in total. The predicted molar refractivity (Wildman–Crippen MR) is 73.0 cm³/mol. The van der Waals surface area contributed by atoms with Crippen molar-refractivity contribution in [2.75, 3.05) is 6.61 Å². The van der Waals surface area contributed by atoms with Gasteiger partial charge in [0.25, 0.3) is 0 Å². The Hall–Kier alpha value is -0.900. The molecule has 6 heteroatoms. The molecule has 0 aliphatic heterocycles. The van der Waals surface area contributed by atoms with Gasteiger partial charge in [-0.15, -0.1) is 0 Å². The Kier molecular flexibility index (Phi) is 5.79. The van der Waals surface area contributed by atoms with E-state index >= 15 is 0 Å². The van der Waals surface area contributed by atoms with E-state index in [0.717, 1.165) is 0 Å². The van der Waals surface area contributed by atoms with Crippen molar-refractivity contribution >= 4 is 40.8 Å². The van der Waals surface area contributed by atoms with Crippen LogP contribution in [0.1, 0.15) is 13.3 Å². The van der Waals surface area contributed by atoms with E-state index in [9.17, 15) is 4.79 Å². The van der Waals surface area contributed by atoms with Crippen molar-refractivity contribution in [1.82, 2.24) is 0 Å². The third kappa shape index (κ3) is 4.09. The lowest BCUT2D eigenvalue weighted by molar-refractivity contribution is -0.132. The Morgan fingerprint density at radius 3 is 2.44 bits per heavy atom. The van der Waals surface area contributed by atoms with Crippen molar-refractivity contribution in [3.63, 3.8) is 0 Å². The zero-order valence-corrected chi connectivity index (χ0v) is 11.8. The molecule has 0 amide bonds. The van der Waals surface area contributed by atoms with Gasteiger partial charge in [0.1, 0.15) is 12.4 Å². The number of benzene rings is 1. The summed E-state index contributed by atoms with van der Waals surface area (Å²) in [4.78, 5) is 10.8. The van der Waals surface area contributed by atoms with E-state index in [0.29, 0.717) is 27.2 Å².